The monoisotopic (exact) mass is 423 g/mol. The smallest absolute Gasteiger partial charge is 0.261 e. The van der Waals surface area contributed by atoms with Crippen molar-refractivity contribution in [3.05, 3.63) is 70.5 Å². The molecule has 0 radical (unpaired) electrons. The molecule has 0 unspecified atom stereocenters. The largest absolute Gasteiger partial charge is 0.296 e. The van der Waals surface area contributed by atoms with Gasteiger partial charge in [-0.2, -0.15) is 4.31 Å². The number of benzene rings is 2. The van der Waals surface area contributed by atoms with Crippen LogP contribution in [0.2, 0.25) is 0 Å². The highest BCUT2D eigenvalue weighted by Crippen LogP contribution is 2.27. The summed E-state index contributed by atoms with van der Waals surface area (Å²) in [5.41, 5.74) is -0.0243. The van der Waals surface area contributed by atoms with Gasteiger partial charge in [0.05, 0.1) is 22.1 Å². The first kappa shape index (κ1) is 19.6. The van der Waals surface area contributed by atoms with Crippen molar-refractivity contribution in [1.29, 1.82) is 0 Å². The van der Waals surface area contributed by atoms with E-state index in [1.807, 2.05) is 0 Å². The molecule has 0 atom stereocenters. The number of sulfonamides is 1. The minimum absolute atomic E-state index is 0.0682. The molecule has 1 aliphatic heterocycles. The third kappa shape index (κ3) is 3.65. The molecule has 1 saturated heterocycles. The lowest BCUT2D eigenvalue weighted by atomic mass is 10.1. The first-order valence-corrected chi connectivity index (χ1v) is 10.3. The summed E-state index contributed by atoms with van der Waals surface area (Å²) in [7, 11) is -4.06. The van der Waals surface area contributed by atoms with Gasteiger partial charge in [-0.15, -0.1) is 0 Å². The maximum atomic E-state index is 13.5. The van der Waals surface area contributed by atoms with Crippen LogP contribution in [-0.4, -0.2) is 35.4 Å². The Labute approximate surface area is 164 Å². The number of nitrogens with zero attached hydrogens (tertiary/aromatic N) is 3. The van der Waals surface area contributed by atoms with Gasteiger partial charge in [-0.05, 0) is 43.2 Å². The average molecular weight is 423 g/mol. The second-order valence-electron chi connectivity index (χ2n) is 6.86. The van der Waals surface area contributed by atoms with E-state index in [9.17, 15) is 26.4 Å². The van der Waals surface area contributed by atoms with Crippen LogP contribution in [0.4, 0.5) is 13.2 Å². The lowest BCUT2D eigenvalue weighted by Crippen LogP contribution is -2.40. The van der Waals surface area contributed by atoms with Crippen molar-refractivity contribution in [2.75, 3.05) is 13.1 Å². The minimum Gasteiger partial charge on any atom is -0.296 e. The molecule has 0 spiro atoms. The predicted octanol–water partition coefficient (Wildman–Crippen LogP) is 2.84. The Hall–Kier alpha value is -2.72. The first-order chi connectivity index (χ1) is 13.8. The van der Waals surface area contributed by atoms with Crippen LogP contribution in [-0.2, 0) is 10.0 Å². The fourth-order valence-electron chi connectivity index (χ4n) is 3.56. The van der Waals surface area contributed by atoms with Gasteiger partial charge in [0, 0.05) is 25.2 Å². The van der Waals surface area contributed by atoms with Crippen molar-refractivity contribution in [1.82, 2.24) is 13.9 Å². The molecule has 1 aromatic heterocycles. The first-order valence-electron chi connectivity index (χ1n) is 8.88. The molecule has 6 nitrogen and oxygen atoms in total. The molecular weight excluding hydrogens is 407 g/mol. The third-order valence-electron chi connectivity index (χ3n) is 5.04. The highest BCUT2D eigenvalue weighted by Gasteiger charge is 2.31. The molecule has 0 N–H and O–H groups in total. The fourth-order valence-corrected chi connectivity index (χ4v) is 5.07. The van der Waals surface area contributed by atoms with Crippen molar-refractivity contribution >= 4 is 20.9 Å². The van der Waals surface area contributed by atoms with E-state index in [1.54, 1.807) is 0 Å². The Morgan fingerprint density at radius 3 is 2.24 bits per heavy atom. The molecule has 152 valence electrons. The Morgan fingerprint density at radius 2 is 1.59 bits per heavy atom. The van der Waals surface area contributed by atoms with Crippen LogP contribution in [0.25, 0.3) is 10.9 Å². The van der Waals surface area contributed by atoms with Gasteiger partial charge in [0.1, 0.15) is 17.5 Å². The van der Waals surface area contributed by atoms with E-state index in [4.69, 9.17) is 0 Å². The van der Waals surface area contributed by atoms with E-state index >= 15 is 0 Å². The standard InChI is InChI=1S/C19H16F3N3O3S/c20-12-1-2-18-17(10-12)19(26)25(11-23-18)15-3-5-24(6-4-15)29(27,28)16-8-13(21)7-14(22)9-16/h1-2,7-11,15H,3-6H2. The molecule has 0 aliphatic carbocycles. The third-order valence-corrected chi connectivity index (χ3v) is 6.91. The number of halogens is 3. The van der Waals surface area contributed by atoms with Crippen molar-refractivity contribution in [2.24, 2.45) is 0 Å². The summed E-state index contributed by atoms with van der Waals surface area (Å²) >= 11 is 0. The average Bonchev–Trinajstić information content (AvgIpc) is 2.68. The number of fused-ring (bicyclic) bond motifs is 1. The van der Waals surface area contributed by atoms with Crippen LogP contribution in [0.1, 0.15) is 18.9 Å². The topological polar surface area (TPSA) is 72.3 Å². The van der Waals surface area contributed by atoms with Crippen molar-refractivity contribution in [3.63, 3.8) is 0 Å². The second-order valence-corrected chi connectivity index (χ2v) is 8.80. The minimum atomic E-state index is -4.06. The van der Waals surface area contributed by atoms with Crippen LogP contribution >= 0.6 is 0 Å². The molecule has 1 fully saturated rings. The van der Waals surface area contributed by atoms with E-state index in [0.29, 0.717) is 24.4 Å². The number of aromatic nitrogens is 2. The van der Waals surface area contributed by atoms with Crippen molar-refractivity contribution in [2.45, 2.75) is 23.8 Å². The highest BCUT2D eigenvalue weighted by molar-refractivity contribution is 7.89. The van der Waals surface area contributed by atoms with Crippen LogP contribution < -0.4 is 5.56 Å². The number of hydrogen-bond acceptors (Lipinski definition) is 4. The predicted molar refractivity (Wildman–Crippen MR) is 99.3 cm³/mol. The van der Waals surface area contributed by atoms with Crippen molar-refractivity contribution in [3.8, 4) is 0 Å². The van der Waals surface area contributed by atoms with Gasteiger partial charge in [0.2, 0.25) is 10.0 Å². The van der Waals surface area contributed by atoms with Gasteiger partial charge in [-0.1, -0.05) is 0 Å². The Bertz CT molecular complexity index is 1230. The maximum Gasteiger partial charge on any atom is 0.261 e. The summed E-state index contributed by atoms with van der Waals surface area (Å²) in [6.45, 7) is 0.136. The molecular formula is C19H16F3N3O3S. The van der Waals surface area contributed by atoms with Gasteiger partial charge in [0.15, 0.2) is 0 Å². The Morgan fingerprint density at radius 1 is 0.931 bits per heavy atom. The van der Waals surface area contributed by atoms with Crippen molar-refractivity contribution < 1.29 is 21.6 Å². The number of rotatable bonds is 3. The molecule has 0 bridgehead atoms. The SMILES string of the molecule is O=c1c2cc(F)ccc2ncn1C1CCN(S(=O)(=O)c2cc(F)cc(F)c2)CC1. The molecule has 3 aromatic rings. The normalized spacial score (nSPS) is 16.4. The van der Waals surface area contributed by atoms with Crippen LogP contribution in [0.15, 0.2) is 52.4 Å². The summed E-state index contributed by atoms with van der Waals surface area (Å²) < 4.78 is 68.2. The lowest BCUT2D eigenvalue weighted by Gasteiger charge is -2.32. The Balaban J connectivity index is 1.57. The van der Waals surface area contributed by atoms with Gasteiger partial charge in [-0.25, -0.2) is 26.6 Å². The van der Waals surface area contributed by atoms with Crippen LogP contribution in [0, 0.1) is 17.5 Å². The molecule has 2 aromatic carbocycles. The number of piperidine rings is 1. The van der Waals surface area contributed by atoms with Crippen LogP contribution in [0.5, 0.6) is 0 Å². The number of hydrogen-bond donors (Lipinski definition) is 0. The molecule has 10 heteroatoms. The fraction of sp³-hybridized carbons (Fsp3) is 0.263. The van der Waals surface area contributed by atoms with Crippen LogP contribution in [0.3, 0.4) is 0 Å². The van der Waals surface area contributed by atoms with Gasteiger partial charge in [0.25, 0.3) is 5.56 Å². The maximum absolute atomic E-state index is 13.5. The summed E-state index contributed by atoms with van der Waals surface area (Å²) in [6, 6.07) is 5.60. The van der Waals surface area contributed by atoms with E-state index < -0.39 is 37.9 Å². The quantitative estimate of drug-likeness (QED) is 0.650. The van der Waals surface area contributed by atoms with Gasteiger partial charge < -0.3 is 0 Å². The van der Waals surface area contributed by atoms with Gasteiger partial charge in [-0.3, -0.25) is 9.36 Å². The van der Waals surface area contributed by atoms with Gasteiger partial charge >= 0.3 is 0 Å². The summed E-state index contributed by atoms with van der Waals surface area (Å²) in [5, 5.41) is 0.151. The highest BCUT2D eigenvalue weighted by atomic mass is 32.2. The van der Waals surface area contributed by atoms with E-state index in [0.717, 1.165) is 22.5 Å². The second kappa shape index (κ2) is 7.27. The molecule has 1 aliphatic rings. The van der Waals surface area contributed by atoms with E-state index in [1.165, 1.54) is 23.0 Å². The Kier molecular flexibility index (Phi) is 4.91. The molecule has 0 saturated carbocycles. The van der Waals surface area contributed by atoms with E-state index in [2.05, 4.69) is 4.98 Å². The summed E-state index contributed by atoms with van der Waals surface area (Å²) in [4.78, 5) is 16.4. The zero-order valence-corrected chi connectivity index (χ0v) is 15.9. The molecule has 0 amide bonds. The van der Waals surface area contributed by atoms with E-state index in [-0.39, 0.29) is 24.5 Å². The lowest BCUT2D eigenvalue weighted by molar-refractivity contribution is 0.269. The molecule has 2 heterocycles. The zero-order chi connectivity index (χ0) is 20.8. The molecule has 29 heavy (non-hydrogen) atoms. The molecule has 4 rings (SSSR count). The summed E-state index contributed by atoms with van der Waals surface area (Å²) in [6.07, 6.45) is 1.98. The zero-order valence-electron chi connectivity index (χ0n) is 15.1. The summed E-state index contributed by atoms with van der Waals surface area (Å²) in [5.74, 6) is -2.49.